The summed E-state index contributed by atoms with van der Waals surface area (Å²) in [6.07, 6.45) is 11.2. The molecule has 2 rings (SSSR count). The second-order valence-corrected chi connectivity index (χ2v) is 18.7. The molecule has 0 spiro atoms. The maximum Gasteiger partial charge on any atom is 2.00 e. The van der Waals surface area contributed by atoms with Crippen LogP contribution in [0.4, 0.5) is 0 Å². The first-order chi connectivity index (χ1) is 33.3. The van der Waals surface area contributed by atoms with Crippen molar-refractivity contribution in [2.75, 3.05) is 118 Å². The van der Waals surface area contributed by atoms with Gasteiger partial charge in [0.25, 0.3) is 0 Å². The van der Waals surface area contributed by atoms with Gasteiger partial charge in [-0.25, -0.2) is 0 Å². The molecule has 18 N–H and O–H groups in total. The van der Waals surface area contributed by atoms with Crippen LogP contribution < -0.4 is 10.6 Å². The van der Waals surface area contributed by atoms with Crippen LogP contribution in [0.25, 0.3) is 0 Å². The Hall–Kier alpha value is -0.172. The standard InChI is InChI=1S/2C19H33N3OS.6C2H6O2.5Ni.2H2O/c2*1-6-22(10-9-21(3)4)15-18-13-16(2)12-17(19(18)23)14-20-8-7-11-24-5;6*1-2(3)4;;;;;;;/h2*12-14,20H,6-11,15H2,1-5H3;6*2-4H,1H3;;;;;;2*1H2/q;;;;;;;;;;;2*+2;;. The summed E-state index contributed by atoms with van der Waals surface area (Å²) in [6, 6.07) is 0. The minimum Gasteiger partial charge on any atom is -0.412 e. The van der Waals surface area contributed by atoms with Crippen molar-refractivity contribution in [3.8, 4) is 0 Å². The minimum atomic E-state index is -1.17. The van der Waals surface area contributed by atoms with Gasteiger partial charge in [0.15, 0.2) is 11.6 Å². The van der Waals surface area contributed by atoms with Crippen LogP contribution in [0, 0.1) is 0 Å². The van der Waals surface area contributed by atoms with Gasteiger partial charge in [0.05, 0.1) is 0 Å². The number of thioether (sulfide) groups is 2. The maximum atomic E-state index is 12.7. The molecule has 0 atom stereocenters. The topological polar surface area (TPSA) is 377 Å². The van der Waals surface area contributed by atoms with Gasteiger partial charge in [-0.1, -0.05) is 26.0 Å². The van der Waals surface area contributed by atoms with Crippen molar-refractivity contribution in [2.45, 2.75) is 120 Å². The van der Waals surface area contributed by atoms with Gasteiger partial charge in [-0.05, 0) is 157 Å². The predicted octanol–water partition coefficient (Wildman–Crippen LogP) is -0.656. The van der Waals surface area contributed by atoms with Crippen molar-refractivity contribution in [2.24, 2.45) is 0 Å². The number of aliphatic hydroxyl groups excluding tert-OH is 6. The van der Waals surface area contributed by atoms with Gasteiger partial charge in [0.2, 0.25) is 0 Å². The summed E-state index contributed by atoms with van der Waals surface area (Å²) in [6.45, 7) is 25.2. The summed E-state index contributed by atoms with van der Waals surface area (Å²) in [4.78, 5) is 34.4. The molecule has 0 heterocycles. The smallest absolute Gasteiger partial charge is 0.412 e. The number of rotatable bonds is 22. The van der Waals surface area contributed by atoms with Crippen LogP contribution in [-0.4, -0.2) is 259 Å². The largest absolute Gasteiger partial charge is 2.00 e. The van der Waals surface area contributed by atoms with Gasteiger partial charge in [0.1, 0.15) is 37.7 Å². The Morgan fingerprint density at radius 2 is 0.709 bits per heavy atom. The van der Waals surface area contributed by atoms with Gasteiger partial charge in [-0.2, -0.15) is 23.5 Å². The number of nitrogens with zero attached hydrogens (tertiary/aromatic N) is 4. The number of hydrogen-bond acceptors (Lipinski definition) is 22. The van der Waals surface area contributed by atoms with Gasteiger partial charge < -0.3 is 92.7 Å². The molecule has 0 aromatic heterocycles. The van der Waals surface area contributed by atoms with Crippen LogP contribution in [0.3, 0.4) is 0 Å². The molecule has 29 heteroatoms. The summed E-state index contributed by atoms with van der Waals surface area (Å²) in [5.41, 5.74) is 5.63. The number of ketones is 2. The van der Waals surface area contributed by atoms with Crippen molar-refractivity contribution in [1.82, 2.24) is 30.2 Å². The fraction of sp³-hybridized carbons (Fsp3) is 0.720. The van der Waals surface area contributed by atoms with E-state index in [2.05, 4.69) is 98.6 Å². The predicted molar refractivity (Wildman–Crippen MR) is 304 cm³/mol. The van der Waals surface area contributed by atoms with E-state index in [-0.39, 0.29) is 105 Å². The average molecular weight is 1410 g/mol. The summed E-state index contributed by atoms with van der Waals surface area (Å²) in [5.74, 6) is 2.59. The zero-order valence-electron chi connectivity index (χ0n) is 49.2. The number of carbonyl (C=O) groups excluding carboxylic acids is 2. The molecular weight excluding hydrogens is 1300 g/mol. The fourth-order valence-electron chi connectivity index (χ4n) is 5.07. The van der Waals surface area contributed by atoms with Gasteiger partial charge in [-0.3, -0.25) is 19.4 Å². The number of hydrogen-bond donors (Lipinski definition) is 14. The Bertz CT molecular complexity index is 1370. The molecular formula is C50H106N6Ni5O16S2+4. The quantitative estimate of drug-likeness (QED) is 0.0277. The van der Waals surface area contributed by atoms with Gasteiger partial charge >= 0.3 is 33.0 Å². The van der Waals surface area contributed by atoms with E-state index in [1.165, 1.54) is 41.5 Å². The third-order valence-corrected chi connectivity index (χ3v) is 9.34. The number of allylic oxidation sites excluding steroid dienone is 8. The summed E-state index contributed by atoms with van der Waals surface area (Å²) >= 11 is 3.69. The molecule has 0 fully saturated rings. The monoisotopic (exact) mass is 1400 g/mol. The Balaban J connectivity index is -0.0000000668. The first kappa shape index (κ1) is 110. The Labute approximate surface area is 533 Å². The molecule has 0 aromatic carbocycles. The molecule has 2 aliphatic carbocycles. The maximum absolute atomic E-state index is 12.7. The van der Waals surface area contributed by atoms with Crippen LogP contribution in [-0.2, 0) is 92.0 Å². The molecule has 490 valence electrons. The number of carbonyl (C=O) groups is 2. The number of aliphatic hydroxyl groups is 12. The zero-order valence-corrected chi connectivity index (χ0v) is 55.8. The van der Waals surface area contributed by atoms with E-state index in [1.807, 2.05) is 60.2 Å². The van der Waals surface area contributed by atoms with E-state index in [4.69, 9.17) is 61.3 Å². The first-order valence-electron chi connectivity index (χ1n) is 24.0. The molecule has 22 nitrogen and oxygen atoms in total. The van der Waals surface area contributed by atoms with Crippen LogP contribution in [0.5, 0.6) is 0 Å². The van der Waals surface area contributed by atoms with E-state index in [0.29, 0.717) is 0 Å². The molecule has 79 heavy (non-hydrogen) atoms. The summed E-state index contributed by atoms with van der Waals surface area (Å²) < 4.78 is 0. The molecule has 0 unspecified atom stereocenters. The van der Waals surface area contributed by atoms with E-state index in [1.54, 1.807) is 0 Å². The van der Waals surface area contributed by atoms with E-state index < -0.39 is 37.7 Å². The van der Waals surface area contributed by atoms with Gasteiger partial charge in [0, 0.05) is 137 Å². The van der Waals surface area contributed by atoms with E-state index >= 15 is 0 Å². The Morgan fingerprint density at radius 1 is 0.481 bits per heavy atom. The first-order valence-corrected chi connectivity index (χ1v) is 26.8. The molecule has 0 radical (unpaired) electrons. The SMILES string of the molecule is CC(O)O.CC(O)O.CC(O)O.CC(O)O.CC(O)O.CC(O)O.CCN(CCN(C)C)CC1=CC(C)=CC(=CNCCCSC)C1=O.CCN(CCN(C)C)CC1=CC(C)=CC(=CNCCCSC)C1=O.O.O.[Ni+2].[Ni+2].[Ni].[Ni].[Ni]. The molecule has 0 aliphatic heterocycles. The number of Topliss-reactive ketones (excluding diaryl/α,β-unsaturated/α-hetero) is 2. The van der Waals surface area contributed by atoms with Gasteiger partial charge in [-0.15, -0.1) is 0 Å². The van der Waals surface area contributed by atoms with Crippen molar-refractivity contribution in [1.29, 1.82) is 0 Å². The van der Waals surface area contributed by atoms with Crippen LogP contribution in [0.15, 0.2) is 70.1 Å². The van der Waals surface area contributed by atoms with E-state index in [9.17, 15) is 9.59 Å². The Morgan fingerprint density at radius 3 is 0.899 bits per heavy atom. The summed E-state index contributed by atoms with van der Waals surface area (Å²) in [7, 11) is 8.31. The van der Waals surface area contributed by atoms with Crippen LogP contribution in [0.1, 0.15) is 82.1 Å². The molecule has 0 amide bonds. The molecule has 2 aliphatic rings. The molecule has 0 saturated carbocycles. The second kappa shape index (κ2) is 75.8. The fourth-order valence-corrected chi connectivity index (χ4v) is 5.94. The summed E-state index contributed by atoms with van der Waals surface area (Å²) in [5, 5.41) is 97.9. The van der Waals surface area contributed by atoms with Crippen molar-refractivity contribution >= 4 is 35.1 Å². The zero-order chi connectivity index (χ0) is 57.4. The normalized spacial score (nSPS) is 12.9. The molecule has 0 bridgehead atoms. The van der Waals surface area contributed by atoms with Crippen molar-refractivity contribution in [3.63, 3.8) is 0 Å². The molecule has 0 saturated heterocycles. The Kier molecular flexibility index (Phi) is 106. The average Bonchev–Trinajstić information content (AvgIpc) is 3.22. The van der Waals surface area contributed by atoms with E-state index in [0.717, 1.165) is 123 Å². The van der Waals surface area contributed by atoms with Crippen molar-refractivity contribution < 1.29 is 164 Å². The number of likely N-dealkylation sites (N-methyl/N-ethyl adjacent to an activating group) is 4. The van der Waals surface area contributed by atoms with Crippen LogP contribution in [0.2, 0.25) is 0 Å². The van der Waals surface area contributed by atoms with Crippen LogP contribution >= 0.6 is 23.5 Å². The minimum absolute atomic E-state index is 0. The van der Waals surface area contributed by atoms with Crippen molar-refractivity contribution in [3.05, 3.63) is 70.1 Å². The second-order valence-electron chi connectivity index (χ2n) is 16.7. The molecule has 0 aromatic rings. The third-order valence-electron chi connectivity index (χ3n) is 7.94. The number of nitrogens with one attached hydrogen (secondary N) is 2. The third kappa shape index (κ3) is 97.3.